The van der Waals surface area contributed by atoms with Gasteiger partial charge in [0.2, 0.25) is 0 Å². The van der Waals surface area contributed by atoms with Crippen molar-refractivity contribution in [1.82, 2.24) is 5.16 Å². The second-order valence-electron chi connectivity index (χ2n) is 6.12. The maximum absolute atomic E-state index is 5.73. The zero-order valence-corrected chi connectivity index (χ0v) is 12.4. The van der Waals surface area contributed by atoms with Crippen molar-refractivity contribution in [2.45, 2.75) is 46.6 Å². The van der Waals surface area contributed by atoms with E-state index >= 15 is 0 Å². The summed E-state index contributed by atoms with van der Waals surface area (Å²) in [5.41, 5.74) is 11.7. The van der Waals surface area contributed by atoms with Crippen molar-refractivity contribution in [2.75, 3.05) is 0 Å². The smallest absolute Gasteiger partial charge is 0.171 e. The molecule has 19 heavy (non-hydrogen) atoms. The highest BCUT2D eigenvalue weighted by Gasteiger charge is 2.19. The van der Waals surface area contributed by atoms with E-state index < -0.39 is 0 Å². The maximum Gasteiger partial charge on any atom is 0.171 e. The SMILES string of the molecule is Cc1cc(C(C)(C)C)cc(C)c1-c1oncc1CN. The van der Waals surface area contributed by atoms with Gasteiger partial charge in [-0.05, 0) is 36.0 Å². The number of nitrogens with two attached hydrogens (primary N) is 1. The van der Waals surface area contributed by atoms with Crippen molar-refractivity contribution in [1.29, 1.82) is 0 Å². The first-order valence-electron chi connectivity index (χ1n) is 6.60. The van der Waals surface area contributed by atoms with Gasteiger partial charge in [0.05, 0.1) is 6.20 Å². The fraction of sp³-hybridized carbons (Fsp3) is 0.438. The van der Waals surface area contributed by atoms with Gasteiger partial charge in [-0.25, -0.2) is 0 Å². The summed E-state index contributed by atoms with van der Waals surface area (Å²) in [5.74, 6) is 0.804. The van der Waals surface area contributed by atoms with Crippen molar-refractivity contribution in [3.05, 3.63) is 40.6 Å². The molecular weight excluding hydrogens is 236 g/mol. The molecule has 2 aromatic rings. The summed E-state index contributed by atoms with van der Waals surface area (Å²) in [5, 5.41) is 3.87. The lowest BCUT2D eigenvalue weighted by molar-refractivity contribution is 0.431. The molecule has 3 nitrogen and oxygen atoms in total. The molecule has 0 bridgehead atoms. The van der Waals surface area contributed by atoms with Crippen LogP contribution in [-0.4, -0.2) is 5.16 Å². The van der Waals surface area contributed by atoms with Crippen LogP contribution in [0.15, 0.2) is 22.9 Å². The average molecular weight is 258 g/mol. The topological polar surface area (TPSA) is 52.0 Å². The van der Waals surface area contributed by atoms with Gasteiger partial charge >= 0.3 is 0 Å². The third-order valence-corrected chi connectivity index (χ3v) is 3.49. The lowest BCUT2D eigenvalue weighted by Gasteiger charge is -2.22. The Labute approximate surface area is 114 Å². The third-order valence-electron chi connectivity index (χ3n) is 3.49. The van der Waals surface area contributed by atoms with Crippen LogP contribution in [0, 0.1) is 13.8 Å². The van der Waals surface area contributed by atoms with Gasteiger partial charge < -0.3 is 10.3 Å². The quantitative estimate of drug-likeness (QED) is 0.893. The molecule has 2 rings (SSSR count). The summed E-state index contributed by atoms with van der Waals surface area (Å²) in [4.78, 5) is 0. The minimum atomic E-state index is 0.145. The molecule has 0 unspecified atom stereocenters. The predicted octanol–water partition coefficient (Wildman–Crippen LogP) is 3.71. The van der Waals surface area contributed by atoms with Gasteiger partial charge in [0.25, 0.3) is 0 Å². The molecule has 0 radical (unpaired) electrons. The van der Waals surface area contributed by atoms with Gasteiger partial charge in [-0.2, -0.15) is 0 Å². The molecular formula is C16H22N2O. The second-order valence-corrected chi connectivity index (χ2v) is 6.12. The number of aromatic nitrogens is 1. The second kappa shape index (κ2) is 4.82. The van der Waals surface area contributed by atoms with E-state index in [9.17, 15) is 0 Å². The number of benzene rings is 1. The number of hydrogen-bond donors (Lipinski definition) is 1. The highest BCUT2D eigenvalue weighted by molar-refractivity contribution is 5.69. The Kier molecular flexibility index (Phi) is 3.50. The molecule has 0 fully saturated rings. The highest BCUT2D eigenvalue weighted by Crippen LogP contribution is 2.34. The van der Waals surface area contributed by atoms with Gasteiger partial charge in [0.1, 0.15) is 0 Å². The number of hydrogen-bond acceptors (Lipinski definition) is 3. The Hall–Kier alpha value is -1.61. The van der Waals surface area contributed by atoms with E-state index in [0.29, 0.717) is 6.54 Å². The van der Waals surface area contributed by atoms with Crippen LogP contribution in [0.4, 0.5) is 0 Å². The average Bonchev–Trinajstić information content (AvgIpc) is 2.75. The van der Waals surface area contributed by atoms with Crippen molar-refractivity contribution in [3.63, 3.8) is 0 Å². The Morgan fingerprint density at radius 3 is 2.21 bits per heavy atom. The Morgan fingerprint density at radius 2 is 1.74 bits per heavy atom. The van der Waals surface area contributed by atoms with Crippen LogP contribution in [0.5, 0.6) is 0 Å². The normalized spacial score (nSPS) is 11.9. The monoisotopic (exact) mass is 258 g/mol. The molecule has 1 aromatic carbocycles. The molecule has 0 saturated heterocycles. The van der Waals surface area contributed by atoms with Crippen LogP contribution in [0.2, 0.25) is 0 Å². The molecule has 0 saturated carbocycles. The number of aryl methyl sites for hydroxylation is 2. The van der Waals surface area contributed by atoms with Gasteiger partial charge in [0.15, 0.2) is 5.76 Å². The van der Waals surface area contributed by atoms with Crippen molar-refractivity contribution in [3.8, 4) is 11.3 Å². The van der Waals surface area contributed by atoms with Crippen LogP contribution in [-0.2, 0) is 12.0 Å². The van der Waals surface area contributed by atoms with Crippen LogP contribution in [0.1, 0.15) is 43.0 Å². The van der Waals surface area contributed by atoms with Crippen molar-refractivity contribution in [2.24, 2.45) is 5.73 Å². The van der Waals surface area contributed by atoms with Crippen LogP contribution < -0.4 is 5.73 Å². The molecule has 0 amide bonds. The van der Waals surface area contributed by atoms with E-state index in [0.717, 1.165) is 16.9 Å². The summed E-state index contributed by atoms with van der Waals surface area (Å²) in [7, 11) is 0. The lowest BCUT2D eigenvalue weighted by Crippen LogP contribution is -2.12. The standard InChI is InChI=1S/C16H22N2O/c1-10-6-13(16(3,4)5)7-11(2)14(10)15-12(8-17)9-18-19-15/h6-7,9H,8,17H2,1-5H3. The Morgan fingerprint density at radius 1 is 1.16 bits per heavy atom. The fourth-order valence-corrected chi connectivity index (χ4v) is 2.37. The van der Waals surface area contributed by atoms with Gasteiger partial charge in [0, 0.05) is 17.7 Å². The maximum atomic E-state index is 5.73. The molecule has 3 heteroatoms. The minimum absolute atomic E-state index is 0.145. The predicted molar refractivity (Wildman–Crippen MR) is 78.0 cm³/mol. The fourth-order valence-electron chi connectivity index (χ4n) is 2.37. The van der Waals surface area contributed by atoms with Gasteiger partial charge in [-0.1, -0.05) is 38.1 Å². The lowest BCUT2D eigenvalue weighted by atomic mass is 9.83. The molecule has 102 valence electrons. The zero-order chi connectivity index (χ0) is 14.2. The van der Waals surface area contributed by atoms with Gasteiger partial charge in [-0.15, -0.1) is 0 Å². The van der Waals surface area contributed by atoms with Crippen molar-refractivity contribution < 1.29 is 4.52 Å². The van der Waals surface area contributed by atoms with Crippen LogP contribution in [0.3, 0.4) is 0 Å². The van der Waals surface area contributed by atoms with E-state index in [1.807, 2.05) is 0 Å². The largest absolute Gasteiger partial charge is 0.356 e. The van der Waals surface area contributed by atoms with E-state index in [1.54, 1.807) is 6.20 Å². The third kappa shape index (κ3) is 2.56. The molecule has 0 atom stereocenters. The molecule has 0 aliphatic heterocycles. The summed E-state index contributed by atoms with van der Waals surface area (Å²) in [6.45, 7) is 11.3. The van der Waals surface area contributed by atoms with E-state index in [2.05, 4.69) is 51.9 Å². The first kappa shape index (κ1) is 13.8. The van der Waals surface area contributed by atoms with E-state index in [-0.39, 0.29) is 5.41 Å². The summed E-state index contributed by atoms with van der Waals surface area (Å²) < 4.78 is 5.40. The number of nitrogens with zero attached hydrogens (tertiary/aromatic N) is 1. The summed E-state index contributed by atoms with van der Waals surface area (Å²) in [6.07, 6.45) is 1.70. The first-order chi connectivity index (χ1) is 8.84. The molecule has 0 aliphatic rings. The summed E-state index contributed by atoms with van der Waals surface area (Å²) >= 11 is 0. The van der Waals surface area contributed by atoms with E-state index in [1.165, 1.54) is 16.7 Å². The molecule has 0 aliphatic carbocycles. The Balaban J connectivity index is 2.61. The number of rotatable bonds is 2. The molecule has 2 N–H and O–H groups in total. The van der Waals surface area contributed by atoms with Crippen LogP contribution in [0.25, 0.3) is 11.3 Å². The molecule has 1 aromatic heterocycles. The molecule has 0 spiro atoms. The van der Waals surface area contributed by atoms with E-state index in [4.69, 9.17) is 10.3 Å². The minimum Gasteiger partial charge on any atom is -0.356 e. The van der Waals surface area contributed by atoms with Gasteiger partial charge in [-0.3, -0.25) is 0 Å². The highest BCUT2D eigenvalue weighted by atomic mass is 16.5. The zero-order valence-electron chi connectivity index (χ0n) is 12.4. The van der Waals surface area contributed by atoms with Crippen LogP contribution >= 0.6 is 0 Å². The Bertz CT molecular complexity index is 568. The summed E-state index contributed by atoms with van der Waals surface area (Å²) in [6, 6.07) is 4.45. The van der Waals surface area contributed by atoms with Crippen molar-refractivity contribution >= 4 is 0 Å². The first-order valence-corrected chi connectivity index (χ1v) is 6.60. The molecule has 1 heterocycles.